The summed E-state index contributed by atoms with van der Waals surface area (Å²) in [5.41, 5.74) is 0. The van der Waals surface area contributed by atoms with E-state index < -0.39 is 18.0 Å². The lowest BCUT2D eigenvalue weighted by Crippen LogP contribution is -2.29. The Morgan fingerprint density at radius 1 is 1.43 bits per heavy atom. The summed E-state index contributed by atoms with van der Waals surface area (Å²) in [6.07, 6.45) is 0.134. The van der Waals surface area contributed by atoms with Gasteiger partial charge in [-0.05, 0) is 0 Å². The molecule has 0 bridgehead atoms. The molecule has 0 amide bonds. The van der Waals surface area contributed by atoms with E-state index in [1.807, 2.05) is 0 Å². The second-order valence-corrected chi connectivity index (χ2v) is 2.53. The Bertz CT molecular complexity index is 226. The SMILES string of the molecule is CC(=O)O.Cl.O=C1CN[C@H](C(=O)O)C1. The average Bonchev–Trinajstić information content (AvgIpc) is 2.34. The lowest BCUT2D eigenvalue weighted by molar-refractivity contribution is -0.139. The van der Waals surface area contributed by atoms with E-state index in [1.54, 1.807) is 0 Å². The van der Waals surface area contributed by atoms with Gasteiger partial charge in [-0.2, -0.15) is 0 Å². The van der Waals surface area contributed by atoms with Gasteiger partial charge in [-0.1, -0.05) is 0 Å². The largest absolute Gasteiger partial charge is 0.481 e. The molecular formula is C7H12ClNO5. The Labute approximate surface area is 86.7 Å². The number of carbonyl (C=O) groups is 3. The minimum absolute atomic E-state index is 0. The third-order valence-corrected chi connectivity index (χ3v) is 1.28. The van der Waals surface area contributed by atoms with E-state index in [1.165, 1.54) is 0 Å². The minimum Gasteiger partial charge on any atom is -0.481 e. The second-order valence-electron chi connectivity index (χ2n) is 2.53. The van der Waals surface area contributed by atoms with Crippen LogP contribution >= 0.6 is 12.4 Å². The number of ketones is 1. The first-order chi connectivity index (χ1) is 5.93. The molecule has 0 aromatic heterocycles. The minimum atomic E-state index is -0.944. The fourth-order valence-corrected chi connectivity index (χ4v) is 0.784. The second kappa shape index (κ2) is 7.28. The number of Topliss-reactive ketones (excluding diaryl/α,β-unsaturated/α-hetero) is 1. The van der Waals surface area contributed by atoms with Gasteiger partial charge in [0.05, 0.1) is 6.54 Å². The maximum Gasteiger partial charge on any atom is 0.321 e. The first-order valence-electron chi connectivity index (χ1n) is 3.61. The summed E-state index contributed by atoms with van der Waals surface area (Å²) in [5.74, 6) is -1.80. The lowest BCUT2D eigenvalue weighted by Gasteiger charge is -1.98. The normalized spacial score (nSPS) is 18.9. The highest BCUT2D eigenvalue weighted by atomic mass is 35.5. The predicted molar refractivity (Wildman–Crippen MR) is 49.6 cm³/mol. The summed E-state index contributed by atoms with van der Waals surface area (Å²) < 4.78 is 0. The van der Waals surface area contributed by atoms with E-state index in [2.05, 4.69) is 5.32 Å². The van der Waals surface area contributed by atoms with Crippen LogP contribution in [0.15, 0.2) is 0 Å². The summed E-state index contributed by atoms with van der Waals surface area (Å²) in [6, 6.07) is -0.641. The van der Waals surface area contributed by atoms with Gasteiger partial charge in [-0.15, -0.1) is 12.4 Å². The number of aliphatic carboxylic acids is 2. The van der Waals surface area contributed by atoms with Gasteiger partial charge in [0.2, 0.25) is 0 Å². The van der Waals surface area contributed by atoms with Gasteiger partial charge in [-0.3, -0.25) is 19.7 Å². The van der Waals surface area contributed by atoms with E-state index in [-0.39, 0.29) is 31.2 Å². The van der Waals surface area contributed by atoms with Crippen LogP contribution in [0.25, 0.3) is 0 Å². The van der Waals surface area contributed by atoms with Gasteiger partial charge in [0.15, 0.2) is 0 Å². The molecule has 6 nitrogen and oxygen atoms in total. The smallest absolute Gasteiger partial charge is 0.321 e. The van der Waals surface area contributed by atoms with Crippen molar-refractivity contribution in [2.45, 2.75) is 19.4 Å². The molecule has 1 fully saturated rings. The van der Waals surface area contributed by atoms with Crippen LogP contribution in [-0.2, 0) is 14.4 Å². The van der Waals surface area contributed by atoms with Crippen LogP contribution in [0.4, 0.5) is 0 Å². The first-order valence-corrected chi connectivity index (χ1v) is 3.61. The molecule has 3 N–H and O–H groups in total. The Balaban J connectivity index is 0. The predicted octanol–water partition coefficient (Wildman–Crippen LogP) is -0.485. The van der Waals surface area contributed by atoms with Crippen LogP contribution in [0.5, 0.6) is 0 Å². The maximum absolute atomic E-state index is 10.4. The van der Waals surface area contributed by atoms with Crippen molar-refractivity contribution in [3.05, 3.63) is 0 Å². The Morgan fingerprint density at radius 2 is 1.86 bits per heavy atom. The van der Waals surface area contributed by atoms with Crippen LogP contribution in [0.3, 0.4) is 0 Å². The zero-order chi connectivity index (χ0) is 10.4. The van der Waals surface area contributed by atoms with Crippen LogP contribution in [0.2, 0.25) is 0 Å². The van der Waals surface area contributed by atoms with Crippen LogP contribution in [0.1, 0.15) is 13.3 Å². The van der Waals surface area contributed by atoms with Crippen LogP contribution in [-0.4, -0.2) is 40.5 Å². The molecular weight excluding hydrogens is 214 g/mol. The van der Waals surface area contributed by atoms with E-state index >= 15 is 0 Å². The number of nitrogens with one attached hydrogen (secondary N) is 1. The van der Waals surface area contributed by atoms with E-state index in [0.717, 1.165) is 6.92 Å². The molecule has 0 saturated carbocycles. The molecule has 1 aliphatic rings. The topological polar surface area (TPSA) is 104 Å². The van der Waals surface area contributed by atoms with Crippen molar-refractivity contribution in [2.75, 3.05) is 6.54 Å². The molecule has 0 unspecified atom stereocenters. The highest BCUT2D eigenvalue weighted by molar-refractivity contribution is 5.90. The van der Waals surface area contributed by atoms with Crippen molar-refractivity contribution in [1.29, 1.82) is 0 Å². The Morgan fingerprint density at radius 3 is 2.00 bits per heavy atom. The number of hydrogen-bond acceptors (Lipinski definition) is 4. The molecule has 1 atom stereocenters. The summed E-state index contributed by atoms with van der Waals surface area (Å²) in [6.45, 7) is 1.29. The van der Waals surface area contributed by atoms with E-state index in [0.29, 0.717) is 0 Å². The number of carboxylic acids is 2. The molecule has 1 heterocycles. The van der Waals surface area contributed by atoms with Crippen LogP contribution < -0.4 is 5.32 Å². The van der Waals surface area contributed by atoms with Crippen molar-refractivity contribution in [2.24, 2.45) is 0 Å². The zero-order valence-corrected chi connectivity index (χ0v) is 8.34. The number of carbonyl (C=O) groups excluding carboxylic acids is 1. The molecule has 82 valence electrons. The van der Waals surface area contributed by atoms with Gasteiger partial charge < -0.3 is 10.2 Å². The van der Waals surface area contributed by atoms with E-state index in [9.17, 15) is 9.59 Å². The first kappa shape index (κ1) is 15.3. The highest BCUT2D eigenvalue weighted by Crippen LogP contribution is 2.00. The monoisotopic (exact) mass is 225 g/mol. The Hall–Kier alpha value is -1.14. The quantitative estimate of drug-likeness (QED) is 0.557. The highest BCUT2D eigenvalue weighted by Gasteiger charge is 2.26. The average molecular weight is 226 g/mol. The molecule has 1 saturated heterocycles. The van der Waals surface area contributed by atoms with Crippen LogP contribution in [0, 0.1) is 0 Å². The number of carboxylic acid groups (broad SMARTS) is 2. The molecule has 0 spiro atoms. The fraction of sp³-hybridized carbons (Fsp3) is 0.571. The Kier molecular flexibility index (Phi) is 7.98. The third-order valence-electron chi connectivity index (χ3n) is 1.28. The molecule has 0 aromatic rings. The zero-order valence-electron chi connectivity index (χ0n) is 7.52. The van der Waals surface area contributed by atoms with Crippen molar-refractivity contribution in [3.63, 3.8) is 0 Å². The standard InChI is InChI=1S/C5H7NO3.C2H4O2.ClH/c7-3-1-4(5(8)9)6-2-3;1-2(3)4;/h4,6H,1-2H2,(H,8,9);1H3,(H,3,4);1H/t4-;;/m0../s1. The summed E-state index contributed by atoms with van der Waals surface area (Å²) in [7, 11) is 0. The van der Waals surface area contributed by atoms with Crippen molar-refractivity contribution >= 4 is 30.1 Å². The summed E-state index contributed by atoms with van der Waals surface area (Å²) in [5, 5.41) is 18.3. The molecule has 0 radical (unpaired) electrons. The van der Waals surface area contributed by atoms with Gasteiger partial charge in [0.1, 0.15) is 11.8 Å². The molecule has 1 aliphatic heterocycles. The lowest BCUT2D eigenvalue weighted by atomic mass is 10.2. The van der Waals surface area contributed by atoms with Gasteiger partial charge in [-0.25, -0.2) is 0 Å². The molecule has 7 heteroatoms. The third kappa shape index (κ3) is 7.51. The van der Waals surface area contributed by atoms with Crippen molar-refractivity contribution < 1.29 is 24.6 Å². The van der Waals surface area contributed by atoms with Gasteiger partial charge in [0, 0.05) is 13.3 Å². The van der Waals surface area contributed by atoms with Crippen molar-refractivity contribution in [1.82, 2.24) is 5.32 Å². The molecule has 1 rings (SSSR count). The van der Waals surface area contributed by atoms with Gasteiger partial charge >= 0.3 is 5.97 Å². The van der Waals surface area contributed by atoms with Crippen molar-refractivity contribution in [3.8, 4) is 0 Å². The number of hydrogen-bond donors (Lipinski definition) is 3. The molecule has 0 aromatic carbocycles. The van der Waals surface area contributed by atoms with E-state index in [4.69, 9.17) is 15.0 Å². The molecule has 14 heavy (non-hydrogen) atoms. The fourth-order valence-electron chi connectivity index (χ4n) is 0.784. The number of rotatable bonds is 1. The van der Waals surface area contributed by atoms with Gasteiger partial charge in [0.25, 0.3) is 5.97 Å². The summed E-state index contributed by atoms with van der Waals surface area (Å²) in [4.78, 5) is 29.6. The summed E-state index contributed by atoms with van der Waals surface area (Å²) >= 11 is 0. The number of halogens is 1. The maximum atomic E-state index is 10.4. The molecule has 0 aliphatic carbocycles.